The van der Waals surface area contributed by atoms with E-state index in [0.29, 0.717) is 11.1 Å². The topological polar surface area (TPSA) is 106 Å². The molecule has 0 aliphatic rings. The van der Waals surface area contributed by atoms with Gasteiger partial charge in [-0.2, -0.15) is 18.3 Å². The molecule has 1 aromatic carbocycles. The van der Waals surface area contributed by atoms with E-state index in [1.54, 1.807) is 26.8 Å². The molecule has 2 N–H and O–H groups in total. The molecule has 13 heteroatoms. The molecule has 0 saturated carbocycles. The standard InChI is InChI=1S/C26H30F3N5O4S/c1-15-9-7-8-10-17(15)13-30-22(35)19-12-20(26(27,28)29)32-34(19)18-11-21(39-14-18)33(6)23(36)16(2)31-24(37)38-25(3,4)5/h7-12,14,16H,13H2,1-6H3,(H,30,35)(H,31,37)/t16-/m0/s1. The summed E-state index contributed by atoms with van der Waals surface area (Å²) in [5.74, 6) is -1.23. The van der Waals surface area contributed by atoms with Gasteiger partial charge >= 0.3 is 12.3 Å². The average molecular weight is 566 g/mol. The molecule has 0 saturated heterocycles. The van der Waals surface area contributed by atoms with Crippen molar-refractivity contribution in [2.45, 2.75) is 59.0 Å². The van der Waals surface area contributed by atoms with E-state index in [9.17, 15) is 27.6 Å². The van der Waals surface area contributed by atoms with Gasteiger partial charge in [0.05, 0.1) is 10.7 Å². The number of carbonyl (C=O) groups is 3. The largest absolute Gasteiger partial charge is 0.444 e. The lowest BCUT2D eigenvalue weighted by atomic mass is 10.1. The van der Waals surface area contributed by atoms with Crippen LogP contribution in [0.15, 0.2) is 41.8 Å². The highest BCUT2D eigenvalue weighted by Crippen LogP contribution is 2.32. The Morgan fingerprint density at radius 2 is 1.82 bits per heavy atom. The highest BCUT2D eigenvalue weighted by Gasteiger charge is 2.36. The number of aryl methyl sites for hydroxylation is 1. The number of nitrogens with one attached hydrogen (secondary N) is 2. The van der Waals surface area contributed by atoms with E-state index in [2.05, 4.69) is 15.7 Å². The van der Waals surface area contributed by atoms with Gasteiger partial charge in [0.15, 0.2) is 5.69 Å². The lowest BCUT2D eigenvalue weighted by molar-refractivity contribution is -0.141. The lowest BCUT2D eigenvalue weighted by Crippen LogP contribution is -2.47. The number of ether oxygens (including phenoxy) is 1. The molecule has 0 spiro atoms. The molecular formula is C26H30F3N5O4S. The third-order valence-corrected chi connectivity index (χ3v) is 6.51. The van der Waals surface area contributed by atoms with Gasteiger partial charge in [0.2, 0.25) is 5.91 Å². The lowest BCUT2D eigenvalue weighted by Gasteiger charge is -2.24. The van der Waals surface area contributed by atoms with Gasteiger partial charge in [-0.05, 0) is 51.8 Å². The molecule has 1 atom stereocenters. The van der Waals surface area contributed by atoms with Gasteiger partial charge in [0, 0.05) is 25.0 Å². The number of hydrogen-bond acceptors (Lipinski definition) is 6. The molecule has 2 heterocycles. The summed E-state index contributed by atoms with van der Waals surface area (Å²) in [4.78, 5) is 39.1. The highest BCUT2D eigenvalue weighted by molar-refractivity contribution is 7.14. The number of thiophene rings is 1. The minimum atomic E-state index is -4.77. The molecule has 0 bridgehead atoms. The zero-order chi connectivity index (χ0) is 29.1. The minimum Gasteiger partial charge on any atom is -0.444 e. The SMILES string of the molecule is Cc1ccccc1CNC(=O)c1cc(C(F)(F)F)nn1-c1csc(N(C)C(=O)[C@H](C)NC(=O)OC(C)(C)C)c1. The predicted octanol–water partition coefficient (Wildman–Crippen LogP) is 5.07. The molecule has 0 aliphatic heterocycles. The number of nitrogens with zero attached hydrogens (tertiary/aromatic N) is 3. The first kappa shape index (κ1) is 29.7. The number of anilines is 1. The van der Waals surface area contributed by atoms with Gasteiger partial charge in [-0.1, -0.05) is 24.3 Å². The number of aromatic nitrogens is 2. The molecule has 0 fully saturated rings. The van der Waals surface area contributed by atoms with Crippen LogP contribution >= 0.6 is 11.3 Å². The first-order valence-electron chi connectivity index (χ1n) is 11.9. The first-order valence-corrected chi connectivity index (χ1v) is 12.8. The zero-order valence-corrected chi connectivity index (χ0v) is 23.2. The fourth-order valence-corrected chi connectivity index (χ4v) is 4.35. The number of carbonyl (C=O) groups excluding carboxylic acids is 3. The van der Waals surface area contributed by atoms with Crippen LogP contribution in [0, 0.1) is 6.92 Å². The number of benzene rings is 1. The average Bonchev–Trinajstić information content (AvgIpc) is 3.48. The van der Waals surface area contributed by atoms with Crippen LogP contribution in [-0.2, 0) is 22.3 Å². The van der Waals surface area contributed by atoms with Crippen molar-refractivity contribution in [2.75, 3.05) is 11.9 Å². The van der Waals surface area contributed by atoms with Gasteiger partial charge < -0.3 is 20.3 Å². The first-order chi connectivity index (χ1) is 18.1. The third-order valence-electron chi connectivity index (χ3n) is 5.51. The monoisotopic (exact) mass is 565 g/mol. The summed E-state index contributed by atoms with van der Waals surface area (Å²) >= 11 is 1.06. The van der Waals surface area contributed by atoms with E-state index in [-0.39, 0.29) is 17.9 Å². The Morgan fingerprint density at radius 1 is 1.15 bits per heavy atom. The number of amides is 3. The minimum absolute atomic E-state index is 0.118. The maximum atomic E-state index is 13.5. The Bertz CT molecular complexity index is 1360. The zero-order valence-electron chi connectivity index (χ0n) is 22.3. The van der Waals surface area contributed by atoms with Gasteiger partial charge in [0.1, 0.15) is 17.3 Å². The van der Waals surface area contributed by atoms with Crippen LogP contribution in [0.25, 0.3) is 5.69 Å². The van der Waals surface area contributed by atoms with Crippen molar-refractivity contribution in [1.82, 2.24) is 20.4 Å². The van der Waals surface area contributed by atoms with Crippen LogP contribution in [0.2, 0.25) is 0 Å². The van der Waals surface area contributed by atoms with E-state index >= 15 is 0 Å². The number of alkyl halides is 3. The van der Waals surface area contributed by atoms with Crippen molar-refractivity contribution in [3.8, 4) is 5.69 Å². The van der Waals surface area contributed by atoms with Gasteiger partial charge in [-0.3, -0.25) is 9.59 Å². The Hall–Kier alpha value is -3.87. The summed E-state index contributed by atoms with van der Waals surface area (Å²) in [6.45, 7) is 8.53. The molecule has 3 aromatic rings. The van der Waals surface area contributed by atoms with Crippen molar-refractivity contribution in [3.63, 3.8) is 0 Å². The van der Waals surface area contributed by atoms with Crippen LogP contribution in [-0.4, -0.2) is 46.4 Å². The molecule has 0 aliphatic carbocycles. The van der Waals surface area contributed by atoms with Crippen molar-refractivity contribution < 1.29 is 32.3 Å². The normalized spacial score (nSPS) is 12.5. The number of alkyl carbamates (subject to hydrolysis) is 1. The number of likely N-dealkylation sites (N-methyl/N-ethyl adjacent to an activating group) is 1. The maximum absolute atomic E-state index is 13.5. The Morgan fingerprint density at radius 3 is 2.44 bits per heavy atom. The second-order valence-electron chi connectivity index (χ2n) is 9.84. The molecule has 9 nitrogen and oxygen atoms in total. The number of hydrogen-bond donors (Lipinski definition) is 2. The van der Waals surface area contributed by atoms with E-state index in [1.807, 2.05) is 25.1 Å². The number of rotatable bonds is 7. The van der Waals surface area contributed by atoms with Crippen molar-refractivity contribution in [3.05, 3.63) is 64.3 Å². The highest BCUT2D eigenvalue weighted by atomic mass is 32.1. The Kier molecular flexibility index (Phi) is 8.74. The number of halogens is 3. The summed E-state index contributed by atoms with van der Waals surface area (Å²) in [6.07, 6.45) is -5.54. The molecule has 39 heavy (non-hydrogen) atoms. The molecule has 3 rings (SSSR count). The second-order valence-corrected chi connectivity index (χ2v) is 10.7. The van der Waals surface area contributed by atoms with E-state index in [1.165, 1.54) is 30.3 Å². The van der Waals surface area contributed by atoms with Crippen LogP contribution in [0.4, 0.5) is 23.0 Å². The second kappa shape index (κ2) is 11.5. The van der Waals surface area contributed by atoms with Gasteiger partial charge in [-0.25, -0.2) is 9.48 Å². The molecular weight excluding hydrogens is 535 g/mol. The summed E-state index contributed by atoms with van der Waals surface area (Å²) in [7, 11) is 1.46. The fraction of sp³-hybridized carbons (Fsp3) is 0.385. The van der Waals surface area contributed by atoms with Crippen molar-refractivity contribution >= 4 is 34.2 Å². The summed E-state index contributed by atoms with van der Waals surface area (Å²) < 4.78 is 46.6. The van der Waals surface area contributed by atoms with Gasteiger partial charge in [0.25, 0.3) is 5.91 Å². The Balaban J connectivity index is 1.82. The summed E-state index contributed by atoms with van der Waals surface area (Å²) in [6, 6.07) is 8.50. The fourth-order valence-electron chi connectivity index (χ4n) is 3.50. The Labute approximate surface area is 227 Å². The van der Waals surface area contributed by atoms with Crippen molar-refractivity contribution in [2.24, 2.45) is 0 Å². The van der Waals surface area contributed by atoms with Crippen molar-refractivity contribution in [1.29, 1.82) is 0 Å². The van der Waals surface area contributed by atoms with E-state index < -0.39 is 41.4 Å². The summed E-state index contributed by atoms with van der Waals surface area (Å²) in [5.41, 5.74) is -0.374. The predicted molar refractivity (Wildman–Crippen MR) is 141 cm³/mol. The van der Waals surface area contributed by atoms with Crippen LogP contribution in [0.1, 0.15) is 55.0 Å². The molecule has 3 amide bonds. The molecule has 0 radical (unpaired) electrons. The summed E-state index contributed by atoms with van der Waals surface area (Å²) in [5, 5.41) is 10.6. The molecule has 2 aromatic heterocycles. The van der Waals surface area contributed by atoms with E-state index in [4.69, 9.17) is 4.74 Å². The van der Waals surface area contributed by atoms with Crippen LogP contribution in [0.5, 0.6) is 0 Å². The quantitative estimate of drug-likeness (QED) is 0.416. The molecule has 0 unspecified atom stereocenters. The van der Waals surface area contributed by atoms with Crippen LogP contribution < -0.4 is 15.5 Å². The van der Waals surface area contributed by atoms with E-state index in [0.717, 1.165) is 27.1 Å². The molecule has 210 valence electrons. The van der Waals surface area contributed by atoms with Crippen LogP contribution in [0.3, 0.4) is 0 Å². The maximum Gasteiger partial charge on any atom is 0.435 e. The smallest absolute Gasteiger partial charge is 0.435 e. The third kappa shape index (κ3) is 7.59. The van der Waals surface area contributed by atoms with Gasteiger partial charge in [-0.15, -0.1) is 11.3 Å².